The fraction of sp³-hybridized carbons (Fsp3) is 0.542. The maximum Gasteiger partial charge on any atom is 0.255 e. The highest BCUT2D eigenvalue weighted by atomic mass is 16.3. The van der Waals surface area contributed by atoms with Crippen molar-refractivity contribution in [2.24, 2.45) is 0 Å². The molecule has 0 heterocycles. The van der Waals surface area contributed by atoms with Crippen molar-refractivity contribution in [2.45, 2.75) is 79.6 Å². The first-order chi connectivity index (χ1) is 13.3. The molecule has 0 aromatic heterocycles. The van der Waals surface area contributed by atoms with E-state index in [-0.39, 0.29) is 17.4 Å². The second-order valence-corrected chi connectivity index (χ2v) is 7.65. The van der Waals surface area contributed by atoms with E-state index < -0.39 is 0 Å². The van der Waals surface area contributed by atoms with Crippen molar-refractivity contribution in [3.05, 3.63) is 46.1 Å². The molecule has 4 nitrogen and oxygen atoms in total. The van der Waals surface area contributed by atoms with Gasteiger partial charge in [0.15, 0.2) is 0 Å². The lowest BCUT2D eigenvalue weighted by atomic mass is 9.94. The van der Waals surface area contributed by atoms with Gasteiger partial charge in [-0.1, -0.05) is 43.1 Å². The number of unbranched alkanes of at least 4 members (excludes halogenated alkanes) is 2. The summed E-state index contributed by atoms with van der Waals surface area (Å²) in [5.41, 5.74) is 3.93. The quantitative estimate of drug-likeness (QED) is 0.331. The minimum absolute atomic E-state index is 0.0606. The van der Waals surface area contributed by atoms with Crippen molar-refractivity contribution in [1.29, 1.82) is 0 Å². The summed E-state index contributed by atoms with van der Waals surface area (Å²) in [5.74, 6) is -0.312. The number of hydrogen-bond donors (Lipinski definition) is 3. The van der Waals surface area contributed by atoms with Gasteiger partial charge in [0.2, 0.25) is 0 Å². The molecular weight excluding hydrogens is 350 g/mol. The summed E-state index contributed by atoms with van der Waals surface area (Å²) in [6.07, 6.45) is 10.2. The Morgan fingerprint density at radius 1 is 1.11 bits per heavy atom. The number of benzene rings is 1. The van der Waals surface area contributed by atoms with Crippen molar-refractivity contribution >= 4 is 5.91 Å². The Balaban J connectivity index is 3.13. The molecule has 0 aliphatic rings. The van der Waals surface area contributed by atoms with Crippen LogP contribution in [0.25, 0.3) is 0 Å². The number of aromatic hydroxyl groups is 2. The molecule has 0 atom stereocenters. The average molecular weight is 388 g/mol. The van der Waals surface area contributed by atoms with E-state index in [1.807, 2.05) is 13.0 Å². The average Bonchev–Trinajstić information content (AvgIpc) is 2.61. The molecule has 0 saturated heterocycles. The highest BCUT2D eigenvalue weighted by Gasteiger charge is 2.21. The molecule has 0 radical (unpaired) electrons. The number of amides is 1. The van der Waals surface area contributed by atoms with Crippen LogP contribution >= 0.6 is 0 Å². The second kappa shape index (κ2) is 12.3. The number of carbonyl (C=O) groups is 1. The minimum atomic E-state index is -0.281. The Hall–Kier alpha value is -2.23. The molecule has 1 amide bonds. The zero-order valence-electron chi connectivity index (χ0n) is 18.2. The molecule has 0 spiro atoms. The maximum absolute atomic E-state index is 12.6. The fourth-order valence-electron chi connectivity index (χ4n) is 3.18. The summed E-state index contributed by atoms with van der Waals surface area (Å²) in [7, 11) is 0. The van der Waals surface area contributed by atoms with Crippen LogP contribution in [0.3, 0.4) is 0 Å². The standard InChI is InChI=1S/C24H37NO3/c1-6-8-9-13-19-16-21(26)20(23(27)22(19)24(28)25-7-2)15-14-18(5)12-10-11-17(3)4/h11,14,16,26-27H,6-10,12-13,15H2,1-5H3,(H,25,28)/b18-14+. The smallest absolute Gasteiger partial charge is 0.255 e. The van der Waals surface area contributed by atoms with E-state index >= 15 is 0 Å². The van der Waals surface area contributed by atoms with Gasteiger partial charge in [0.05, 0.1) is 5.56 Å². The lowest BCUT2D eigenvalue weighted by Gasteiger charge is -2.16. The molecule has 1 rings (SSSR count). The predicted octanol–water partition coefficient (Wildman–Crippen LogP) is 5.82. The van der Waals surface area contributed by atoms with Crippen molar-refractivity contribution in [1.82, 2.24) is 5.32 Å². The van der Waals surface area contributed by atoms with Crippen LogP contribution in [0.1, 0.15) is 88.2 Å². The molecule has 0 aliphatic heterocycles. The molecule has 156 valence electrons. The van der Waals surface area contributed by atoms with Gasteiger partial charge in [0.25, 0.3) is 5.91 Å². The summed E-state index contributed by atoms with van der Waals surface area (Å²) in [6, 6.07) is 1.65. The number of phenolic OH excluding ortho intramolecular Hbond substituents is 2. The van der Waals surface area contributed by atoms with Crippen LogP contribution < -0.4 is 5.32 Å². The summed E-state index contributed by atoms with van der Waals surface area (Å²) >= 11 is 0. The summed E-state index contributed by atoms with van der Waals surface area (Å²) < 4.78 is 0. The van der Waals surface area contributed by atoms with E-state index in [4.69, 9.17) is 0 Å². The van der Waals surface area contributed by atoms with Gasteiger partial charge in [0, 0.05) is 12.1 Å². The Morgan fingerprint density at radius 2 is 1.82 bits per heavy atom. The normalized spacial score (nSPS) is 11.4. The van der Waals surface area contributed by atoms with Gasteiger partial charge < -0.3 is 15.5 Å². The van der Waals surface area contributed by atoms with E-state index in [0.717, 1.165) is 32.1 Å². The van der Waals surface area contributed by atoms with E-state index in [2.05, 4.69) is 39.1 Å². The SMILES string of the molecule is CCCCCc1cc(O)c(C/C=C(\C)CCC=C(C)C)c(O)c1C(=O)NCC. The van der Waals surface area contributed by atoms with Crippen molar-refractivity contribution < 1.29 is 15.0 Å². The summed E-state index contributed by atoms with van der Waals surface area (Å²) in [6.45, 7) is 10.7. The highest BCUT2D eigenvalue weighted by molar-refractivity contribution is 5.99. The van der Waals surface area contributed by atoms with Crippen LogP contribution in [-0.4, -0.2) is 22.7 Å². The number of rotatable bonds is 11. The van der Waals surface area contributed by atoms with Gasteiger partial charge in [-0.2, -0.15) is 0 Å². The first kappa shape index (κ1) is 23.8. The molecule has 1 aromatic rings. The third-order valence-corrected chi connectivity index (χ3v) is 4.82. The van der Waals surface area contributed by atoms with Crippen molar-refractivity contribution in [3.8, 4) is 11.5 Å². The number of allylic oxidation sites excluding steroid dienone is 4. The molecular formula is C24H37NO3. The molecule has 0 unspecified atom stereocenters. The Bertz CT molecular complexity index is 713. The zero-order chi connectivity index (χ0) is 21.1. The monoisotopic (exact) mass is 387 g/mol. The molecule has 0 aliphatic carbocycles. The first-order valence-corrected chi connectivity index (χ1v) is 10.5. The van der Waals surface area contributed by atoms with Crippen LogP contribution in [0.4, 0.5) is 0 Å². The Morgan fingerprint density at radius 3 is 2.43 bits per heavy atom. The van der Waals surface area contributed by atoms with Gasteiger partial charge in [-0.05, 0) is 71.4 Å². The van der Waals surface area contributed by atoms with Crippen LogP contribution in [0.2, 0.25) is 0 Å². The van der Waals surface area contributed by atoms with E-state index in [9.17, 15) is 15.0 Å². The third kappa shape index (κ3) is 7.41. The minimum Gasteiger partial charge on any atom is -0.508 e. The lowest BCUT2D eigenvalue weighted by Crippen LogP contribution is -2.24. The van der Waals surface area contributed by atoms with Gasteiger partial charge in [0.1, 0.15) is 11.5 Å². The topological polar surface area (TPSA) is 69.6 Å². The largest absolute Gasteiger partial charge is 0.508 e. The maximum atomic E-state index is 12.6. The molecule has 4 heteroatoms. The molecule has 0 fully saturated rings. The number of hydrogen-bond acceptors (Lipinski definition) is 3. The molecule has 28 heavy (non-hydrogen) atoms. The molecule has 0 bridgehead atoms. The van der Waals surface area contributed by atoms with Gasteiger partial charge >= 0.3 is 0 Å². The Labute approximate surface area is 170 Å². The Kier molecular flexibility index (Phi) is 10.4. The van der Waals surface area contributed by atoms with E-state index in [1.54, 1.807) is 6.07 Å². The van der Waals surface area contributed by atoms with Gasteiger partial charge in [-0.3, -0.25) is 4.79 Å². The second-order valence-electron chi connectivity index (χ2n) is 7.65. The number of nitrogens with one attached hydrogen (secondary N) is 1. The summed E-state index contributed by atoms with van der Waals surface area (Å²) in [4.78, 5) is 12.6. The van der Waals surface area contributed by atoms with Crippen molar-refractivity contribution in [3.63, 3.8) is 0 Å². The number of phenols is 2. The van der Waals surface area contributed by atoms with E-state index in [0.29, 0.717) is 36.1 Å². The van der Waals surface area contributed by atoms with E-state index in [1.165, 1.54) is 11.1 Å². The first-order valence-electron chi connectivity index (χ1n) is 10.5. The number of carbonyl (C=O) groups excluding carboxylic acids is 1. The molecule has 3 N–H and O–H groups in total. The number of aryl methyl sites for hydroxylation is 1. The van der Waals surface area contributed by atoms with Gasteiger partial charge in [-0.25, -0.2) is 0 Å². The van der Waals surface area contributed by atoms with Crippen LogP contribution in [0.5, 0.6) is 11.5 Å². The lowest BCUT2D eigenvalue weighted by molar-refractivity contribution is 0.0952. The fourth-order valence-corrected chi connectivity index (χ4v) is 3.18. The van der Waals surface area contributed by atoms with Crippen molar-refractivity contribution in [2.75, 3.05) is 6.54 Å². The predicted molar refractivity (Wildman–Crippen MR) is 117 cm³/mol. The van der Waals surface area contributed by atoms with Crippen LogP contribution in [-0.2, 0) is 12.8 Å². The highest BCUT2D eigenvalue weighted by Crippen LogP contribution is 2.35. The third-order valence-electron chi connectivity index (χ3n) is 4.82. The van der Waals surface area contributed by atoms with Gasteiger partial charge in [-0.15, -0.1) is 0 Å². The molecule has 0 saturated carbocycles. The van der Waals surface area contributed by atoms with Crippen LogP contribution in [0.15, 0.2) is 29.4 Å². The zero-order valence-corrected chi connectivity index (χ0v) is 18.2. The van der Waals surface area contributed by atoms with Crippen LogP contribution in [0, 0.1) is 0 Å². The summed E-state index contributed by atoms with van der Waals surface area (Å²) in [5, 5.41) is 24.1. The molecule has 1 aromatic carbocycles.